The summed E-state index contributed by atoms with van der Waals surface area (Å²) in [4.78, 5) is 32.1. The topological polar surface area (TPSA) is 131 Å². The summed E-state index contributed by atoms with van der Waals surface area (Å²) >= 11 is 0. The lowest BCUT2D eigenvalue weighted by Crippen LogP contribution is -2.25. The van der Waals surface area contributed by atoms with Gasteiger partial charge in [-0.3, -0.25) is 18.6 Å². The van der Waals surface area contributed by atoms with E-state index >= 15 is 0 Å². The Labute approximate surface area is 237 Å². The zero-order chi connectivity index (χ0) is 29.0. The van der Waals surface area contributed by atoms with Crippen LogP contribution < -0.4 is 5.32 Å². The highest BCUT2D eigenvalue weighted by Gasteiger charge is 2.23. The van der Waals surface area contributed by atoms with Crippen molar-refractivity contribution in [1.82, 2.24) is 5.32 Å². The number of phosphoric ester groups is 1. The standard InChI is InChI=1S/C29H58NO8P/c1-3-4-5-6-7-8-9-10-11-12-13-14-15-16-17-18-19-20-21-22-29(33)36-25-28(32)26-38-39(34,35)37-24-23-30-27(2)31/h28,32H,3-26H2,1-2H3,(H,30,31)(H,34,35). The molecule has 2 atom stereocenters. The number of unbranched alkanes of at least 4 members (excludes halogenated alkanes) is 18. The van der Waals surface area contributed by atoms with Gasteiger partial charge in [-0.15, -0.1) is 0 Å². The highest BCUT2D eigenvalue weighted by atomic mass is 31.2. The molecule has 0 spiro atoms. The molecule has 0 radical (unpaired) electrons. The molecule has 0 aromatic heterocycles. The Bertz CT molecular complexity index is 634. The van der Waals surface area contributed by atoms with Crippen LogP contribution in [0.2, 0.25) is 0 Å². The molecule has 0 saturated heterocycles. The zero-order valence-electron chi connectivity index (χ0n) is 24.8. The van der Waals surface area contributed by atoms with E-state index in [0.717, 1.165) is 19.3 Å². The third-order valence-electron chi connectivity index (χ3n) is 6.58. The van der Waals surface area contributed by atoms with Crippen LogP contribution in [-0.4, -0.2) is 54.3 Å². The Hall–Kier alpha value is -0.990. The molecule has 0 aromatic carbocycles. The van der Waals surface area contributed by atoms with Crippen LogP contribution in [0.1, 0.15) is 142 Å². The van der Waals surface area contributed by atoms with Crippen molar-refractivity contribution in [2.45, 2.75) is 148 Å². The molecule has 0 saturated carbocycles. The summed E-state index contributed by atoms with van der Waals surface area (Å²) in [7, 11) is -4.36. The predicted octanol–water partition coefficient (Wildman–Crippen LogP) is 6.98. The second-order valence-corrected chi connectivity index (χ2v) is 12.0. The lowest BCUT2D eigenvalue weighted by atomic mass is 10.0. The predicted molar refractivity (Wildman–Crippen MR) is 155 cm³/mol. The lowest BCUT2D eigenvalue weighted by Gasteiger charge is -2.15. The number of carbonyl (C=O) groups excluding carboxylic acids is 2. The molecule has 9 nitrogen and oxygen atoms in total. The van der Waals surface area contributed by atoms with Gasteiger partial charge in [0.1, 0.15) is 12.7 Å². The SMILES string of the molecule is CCCCCCCCCCCCCCCCCCCCCC(=O)OCC(O)COP(=O)(O)OCCNC(C)=O. The van der Waals surface area contributed by atoms with Crippen molar-refractivity contribution >= 4 is 19.7 Å². The van der Waals surface area contributed by atoms with E-state index in [1.807, 2.05) is 0 Å². The number of carbonyl (C=O) groups is 2. The van der Waals surface area contributed by atoms with E-state index in [4.69, 9.17) is 4.74 Å². The van der Waals surface area contributed by atoms with Crippen molar-refractivity contribution in [3.05, 3.63) is 0 Å². The number of hydrogen-bond donors (Lipinski definition) is 3. The second-order valence-electron chi connectivity index (χ2n) is 10.5. The lowest BCUT2D eigenvalue weighted by molar-refractivity contribution is -0.147. The minimum absolute atomic E-state index is 0.0584. The first-order valence-electron chi connectivity index (χ1n) is 15.5. The molecule has 232 valence electrons. The van der Waals surface area contributed by atoms with Gasteiger partial charge in [0.15, 0.2) is 0 Å². The van der Waals surface area contributed by atoms with Gasteiger partial charge in [-0.05, 0) is 6.42 Å². The number of esters is 1. The average Bonchev–Trinajstić information content (AvgIpc) is 2.90. The summed E-state index contributed by atoms with van der Waals surface area (Å²) in [6.07, 6.45) is 23.6. The Balaban J connectivity index is 3.43. The van der Waals surface area contributed by atoms with Gasteiger partial charge in [-0.1, -0.05) is 122 Å². The van der Waals surface area contributed by atoms with E-state index in [1.54, 1.807) is 0 Å². The van der Waals surface area contributed by atoms with Crippen LogP contribution in [0.15, 0.2) is 0 Å². The summed E-state index contributed by atoms with van der Waals surface area (Å²) < 4.78 is 26.0. The number of aliphatic hydroxyl groups excluding tert-OH is 1. The van der Waals surface area contributed by atoms with Crippen LogP contribution in [0, 0.1) is 0 Å². The smallest absolute Gasteiger partial charge is 0.463 e. The Morgan fingerprint density at radius 2 is 1.15 bits per heavy atom. The molecule has 0 fully saturated rings. The first-order chi connectivity index (χ1) is 18.8. The molecule has 0 aliphatic heterocycles. The Morgan fingerprint density at radius 3 is 1.59 bits per heavy atom. The molecule has 10 heteroatoms. The molecule has 0 aliphatic carbocycles. The average molecular weight is 580 g/mol. The first-order valence-corrected chi connectivity index (χ1v) is 17.0. The Kier molecular flexibility index (Phi) is 26.5. The third-order valence-corrected chi connectivity index (χ3v) is 7.57. The summed E-state index contributed by atoms with van der Waals surface area (Å²) in [5.74, 6) is -0.690. The maximum Gasteiger partial charge on any atom is 0.472 e. The molecule has 0 aromatic rings. The molecule has 39 heavy (non-hydrogen) atoms. The van der Waals surface area contributed by atoms with Gasteiger partial charge >= 0.3 is 13.8 Å². The molecule has 2 unspecified atom stereocenters. The molecule has 1 amide bonds. The van der Waals surface area contributed by atoms with Crippen LogP contribution >= 0.6 is 7.82 Å². The van der Waals surface area contributed by atoms with E-state index in [2.05, 4.69) is 21.3 Å². The number of phosphoric acid groups is 1. The summed E-state index contributed by atoms with van der Waals surface area (Å²) in [6.45, 7) is 2.60. The van der Waals surface area contributed by atoms with Crippen molar-refractivity contribution in [1.29, 1.82) is 0 Å². The fourth-order valence-electron chi connectivity index (χ4n) is 4.26. The molecule has 0 aliphatic rings. The highest BCUT2D eigenvalue weighted by Crippen LogP contribution is 2.42. The highest BCUT2D eigenvalue weighted by molar-refractivity contribution is 7.47. The number of nitrogens with one attached hydrogen (secondary N) is 1. The number of hydrogen-bond acceptors (Lipinski definition) is 7. The van der Waals surface area contributed by atoms with Crippen LogP contribution in [0.25, 0.3) is 0 Å². The largest absolute Gasteiger partial charge is 0.472 e. The fraction of sp³-hybridized carbons (Fsp3) is 0.931. The van der Waals surface area contributed by atoms with Gasteiger partial charge in [0.25, 0.3) is 0 Å². The minimum Gasteiger partial charge on any atom is -0.463 e. The molecule has 0 bridgehead atoms. The van der Waals surface area contributed by atoms with Gasteiger partial charge in [-0.25, -0.2) is 4.57 Å². The van der Waals surface area contributed by atoms with Gasteiger partial charge in [0.2, 0.25) is 5.91 Å². The van der Waals surface area contributed by atoms with Crippen LogP contribution in [-0.2, 0) is 27.9 Å². The van der Waals surface area contributed by atoms with E-state index in [1.165, 1.54) is 110 Å². The molecular weight excluding hydrogens is 521 g/mol. The molecule has 0 rings (SSSR count). The van der Waals surface area contributed by atoms with Crippen molar-refractivity contribution in [3.63, 3.8) is 0 Å². The van der Waals surface area contributed by atoms with Crippen molar-refractivity contribution in [2.75, 3.05) is 26.4 Å². The molecular formula is C29H58NO8P. The van der Waals surface area contributed by atoms with Crippen LogP contribution in [0.5, 0.6) is 0 Å². The summed E-state index contributed by atoms with van der Waals surface area (Å²) in [5.41, 5.74) is 0. The van der Waals surface area contributed by atoms with Gasteiger partial charge in [0, 0.05) is 19.9 Å². The van der Waals surface area contributed by atoms with Crippen LogP contribution in [0.3, 0.4) is 0 Å². The van der Waals surface area contributed by atoms with Gasteiger partial charge in [-0.2, -0.15) is 0 Å². The van der Waals surface area contributed by atoms with E-state index < -0.39 is 26.5 Å². The fourth-order valence-corrected chi connectivity index (χ4v) is 5.02. The number of aliphatic hydroxyl groups is 1. The van der Waals surface area contributed by atoms with Gasteiger partial charge < -0.3 is 20.1 Å². The van der Waals surface area contributed by atoms with E-state index in [-0.39, 0.29) is 32.1 Å². The summed E-state index contributed by atoms with van der Waals surface area (Å²) in [6, 6.07) is 0. The second kappa shape index (κ2) is 27.2. The van der Waals surface area contributed by atoms with Crippen molar-refractivity contribution in [2.24, 2.45) is 0 Å². The normalized spacial score (nSPS) is 13.6. The molecule has 0 heterocycles. The Morgan fingerprint density at radius 1 is 0.718 bits per heavy atom. The number of ether oxygens (including phenoxy) is 1. The third kappa shape index (κ3) is 29.8. The van der Waals surface area contributed by atoms with E-state index in [9.17, 15) is 24.2 Å². The zero-order valence-corrected chi connectivity index (χ0v) is 25.7. The van der Waals surface area contributed by atoms with Crippen molar-refractivity contribution < 1.29 is 37.9 Å². The maximum absolute atomic E-state index is 11.8. The summed E-state index contributed by atoms with van der Waals surface area (Å²) in [5, 5.41) is 12.2. The monoisotopic (exact) mass is 579 g/mol. The van der Waals surface area contributed by atoms with Gasteiger partial charge in [0.05, 0.1) is 13.2 Å². The number of amides is 1. The van der Waals surface area contributed by atoms with E-state index in [0.29, 0.717) is 0 Å². The first kappa shape index (κ1) is 38.0. The van der Waals surface area contributed by atoms with Crippen LogP contribution in [0.4, 0.5) is 0 Å². The molecule has 3 N–H and O–H groups in total. The quantitative estimate of drug-likeness (QED) is 0.0491. The van der Waals surface area contributed by atoms with Crippen molar-refractivity contribution in [3.8, 4) is 0 Å². The maximum atomic E-state index is 11.8. The minimum atomic E-state index is -4.36. The number of rotatable bonds is 29.